The smallest absolute Gasteiger partial charge is 0.411 e. The first-order valence-corrected chi connectivity index (χ1v) is 6.04. The maximum Gasteiger partial charge on any atom is 0.411 e. The van der Waals surface area contributed by atoms with Crippen molar-refractivity contribution in [1.29, 1.82) is 0 Å². The fourth-order valence-electron chi connectivity index (χ4n) is 2.13. The van der Waals surface area contributed by atoms with Crippen molar-refractivity contribution in [3.63, 3.8) is 0 Å². The first-order valence-electron chi connectivity index (χ1n) is 6.04. The minimum Gasteiger partial charge on any atom is -0.491 e. The lowest BCUT2D eigenvalue weighted by Gasteiger charge is -2.12. The van der Waals surface area contributed by atoms with Crippen LogP contribution in [-0.4, -0.2) is 31.1 Å². The van der Waals surface area contributed by atoms with Crippen LogP contribution in [0.2, 0.25) is 0 Å². The third kappa shape index (κ3) is 3.84. The summed E-state index contributed by atoms with van der Waals surface area (Å²) in [5, 5.41) is 9.70. The van der Waals surface area contributed by atoms with Crippen molar-refractivity contribution in [3.05, 3.63) is 29.3 Å². The number of ether oxygens (including phenoxy) is 2. The lowest BCUT2D eigenvalue weighted by Crippen LogP contribution is -2.19. The number of aliphatic hydroxyl groups is 1. The molecule has 6 heteroatoms. The Bertz CT molecular complexity index is 432. The van der Waals surface area contributed by atoms with Gasteiger partial charge in [-0.3, -0.25) is 0 Å². The van der Waals surface area contributed by atoms with Crippen LogP contribution in [-0.2, 0) is 11.2 Å². The maximum atomic E-state index is 11.8. The summed E-state index contributed by atoms with van der Waals surface area (Å²) in [5.74, 6) is 0.615. The fourth-order valence-corrected chi connectivity index (χ4v) is 2.13. The van der Waals surface area contributed by atoms with Gasteiger partial charge in [0, 0.05) is 5.56 Å². The molecule has 1 aromatic carbocycles. The molecule has 2 rings (SSSR count). The Labute approximate surface area is 108 Å². The van der Waals surface area contributed by atoms with Crippen molar-refractivity contribution in [2.75, 3.05) is 19.8 Å². The van der Waals surface area contributed by atoms with Crippen molar-refractivity contribution in [1.82, 2.24) is 0 Å². The molecular formula is C13H15F3O3. The summed E-state index contributed by atoms with van der Waals surface area (Å²) in [6.07, 6.45) is -3.41. The third-order valence-electron chi connectivity index (χ3n) is 2.95. The molecule has 0 radical (unpaired) electrons. The summed E-state index contributed by atoms with van der Waals surface area (Å²) < 4.78 is 45.4. The van der Waals surface area contributed by atoms with E-state index in [1.165, 1.54) is 0 Å². The third-order valence-corrected chi connectivity index (χ3v) is 2.95. The molecule has 0 amide bonds. The Morgan fingerprint density at radius 3 is 2.79 bits per heavy atom. The van der Waals surface area contributed by atoms with Crippen LogP contribution in [0.3, 0.4) is 0 Å². The van der Waals surface area contributed by atoms with Crippen molar-refractivity contribution in [2.24, 2.45) is 0 Å². The molecule has 0 aliphatic heterocycles. The first kappa shape index (κ1) is 14.1. The van der Waals surface area contributed by atoms with Gasteiger partial charge in [0.2, 0.25) is 0 Å². The maximum absolute atomic E-state index is 11.8. The van der Waals surface area contributed by atoms with Gasteiger partial charge in [0.05, 0.1) is 12.7 Å². The highest BCUT2D eigenvalue weighted by atomic mass is 19.4. The lowest BCUT2D eigenvalue weighted by molar-refractivity contribution is -0.175. The largest absolute Gasteiger partial charge is 0.491 e. The fraction of sp³-hybridized carbons (Fsp3) is 0.538. The Hall–Kier alpha value is -1.27. The quantitative estimate of drug-likeness (QED) is 0.840. The monoisotopic (exact) mass is 276 g/mol. The lowest BCUT2D eigenvalue weighted by atomic mass is 10.1. The topological polar surface area (TPSA) is 38.7 Å². The minimum atomic E-state index is -4.31. The Kier molecular flexibility index (Phi) is 4.31. The van der Waals surface area contributed by atoms with E-state index in [2.05, 4.69) is 4.74 Å². The number of halogens is 3. The van der Waals surface area contributed by atoms with E-state index in [0.29, 0.717) is 12.2 Å². The van der Waals surface area contributed by atoms with Crippen LogP contribution in [0.4, 0.5) is 13.2 Å². The van der Waals surface area contributed by atoms with Crippen LogP contribution in [0.1, 0.15) is 23.7 Å². The Morgan fingerprint density at radius 1 is 1.26 bits per heavy atom. The number of fused-ring (bicyclic) bond motifs is 1. The molecule has 1 N–H and O–H groups in total. The number of aliphatic hydroxyl groups excluding tert-OH is 1. The van der Waals surface area contributed by atoms with Gasteiger partial charge in [0.25, 0.3) is 0 Å². The standard InChI is InChI=1S/C13H15F3O3/c14-13(15,16)8-18-6-7-19-12-3-1-2-9-10(12)4-5-11(9)17/h1-3,11,17H,4-8H2. The van der Waals surface area contributed by atoms with E-state index in [4.69, 9.17) is 4.74 Å². The number of hydrogen-bond donors (Lipinski definition) is 1. The van der Waals surface area contributed by atoms with Crippen molar-refractivity contribution in [3.8, 4) is 5.75 Å². The Balaban J connectivity index is 1.81. The van der Waals surface area contributed by atoms with Gasteiger partial charge in [-0.2, -0.15) is 13.2 Å². The predicted octanol–water partition coefficient (Wildman–Crippen LogP) is 2.62. The van der Waals surface area contributed by atoms with E-state index in [1.54, 1.807) is 12.1 Å². The SMILES string of the molecule is OC1CCc2c(OCCOCC(F)(F)F)cccc21. The second kappa shape index (κ2) is 5.79. The highest BCUT2D eigenvalue weighted by molar-refractivity contribution is 5.44. The summed E-state index contributed by atoms with van der Waals surface area (Å²) in [4.78, 5) is 0. The average molecular weight is 276 g/mol. The molecule has 1 aromatic rings. The molecule has 1 aliphatic rings. The van der Waals surface area contributed by atoms with Crippen molar-refractivity contribution < 1.29 is 27.8 Å². The van der Waals surface area contributed by atoms with Crippen molar-refractivity contribution in [2.45, 2.75) is 25.1 Å². The zero-order valence-corrected chi connectivity index (χ0v) is 10.2. The van der Waals surface area contributed by atoms with E-state index in [9.17, 15) is 18.3 Å². The normalized spacial score (nSPS) is 18.4. The van der Waals surface area contributed by atoms with Gasteiger partial charge in [-0.05, 0) is 24.5 Å². The molecule has 1 unspecified atom stereocenters. The van der Waals surface area contributed by atoms with Crippen LogP contribution >= 0.6 is 0 Å². The Morgan fingerprint density at radius 2 is 2.05 bits per heavy atom. The van der Waals surface area contributed by atoms with E-state index in [1.807, 2.05) is 6.07 Å². The summed E-state index contributed by atoms with van der Waals surface area (Å²) >= 11 is 0. The first-order chi connectivity index (χ1) is 8.97. The second-order valence-corrected chi connectivity index (χ2v) is 4.39. The minimum absolute atomic E-state index is 0.0582. The zero-order chi connectivity index (χ0) is 13.9. The molecule has 0 saturated heterocycles. The van der Waals surface area contributed by atoms with Crippen LogP contribution in [0, 0.1) is 0 Å². The van der Waals surface area contributed by atoms with E-state index >= 15 is 0 Å². The molecule has 3 nitrogen and oxygen atoms in total. The summed E-state index contributed by atoms with van der Waals surface area (Å²) in [6, 6.07) is 5.35. The van der Waals surface area contributed by atoms with Crippen LogP contribution in [0.5, 0.6) is 5.75 Å². The molecule has 1 atom stereocenters. The molecule has 0 saturated carbocycles. The molecular weight excluding hydrogens is 261 g/mol. The van der Waals surface area contributed by atoms with E-state index < -0.39 is 18.9 Å². The molecule has 0 spiro atoms. The summed E-state index contributed by atoms with van der Waals surface area (Å²) in [7, 11) is 0. The number of hydrogen-bond acceptors (Lipinski definition) is 3. The van der Waals surface area contributed by atoms with Gasteiger partial charge in [-0.15, -0.1) is 0 Å². The van der Waals surface area contributed by atoms with Crippen LogP contribution in [0.15, 0.2) is 18.2 Å². The molecule has 0 fully saturated rings. The molecule has 106 valence electrons. The van der Waals surface area contributed by atoms with Crippen LogP contribution < -0.4 is 4.74 Å². The molecule has 0 bridgehead atoms. The van der Waals surface area contributed by atoms with E-state index in [-0.39, 0.29) is 13.2 Å². The van der Waals surface area contributed by atoms with E-state index in [0.717, 1.165) is 17.5 Å². The number of benzene rings is 1. The predicted molar refractivity (Wildman–Crippen MR) is 62.1 cm³/mol. The molecule has 1 aliphatic carbocycles. The second-order valence-electron chi connectivity index (χ2n) is 4.39. The number of rotatable bonds is 5. The molecule has 19 heavy (non-hydrogen) atoms. The van der Waals surface area contributed by atoms with Gasteiger partial charge >= 0.3 is 6.18 Å². The highest BCUT2D eigenvalue weighted by Crippen LogP contribution is 2.36. The number of alkyl halides is 3. The molecule has 0 heterocycles. The summed E-state index contributed by atoms with van der Waals surface area (Å²) in [6.45, 7) is -1.32. The van der Waals surface area contributed by atoms with Gasteiger partial charge in [-0.1, -0.05) is 12.1 Å². The summed E-state index contributed by atoms with van der Waals surface area (Å²) in [5.41, 5.74) is 1.78. The van der Waals surface area contributed by atoms with Gasteiger partial charge in [0.1, 0.15) is 19.0 Å². The van der Waals surface area contributed by atoms with Gasteiger partial charge in [0.15, 0.2) is 0 Å². The van der Waals surface area contributed by atoms with Crippen LogP contribution in [0.25, 0.3) is 0 Å². The zero-order valence-electron chi connectivity index (χ0n) is 10.2. The van der Waals surface area contributed by atoms with Crippen molar-refractivity contribution >= 4 is 0 Å². The molecule has 0 aromatic heterocycles. The van der Waals surface area contributed by atoms with Gasteiger partial charge < -0.3 is 14.6 Å². The average Bonchev–Trinajstić information content (AvgIpc) is 2.70. The highest BCUT2D eigenvalue weighted by Gasteiger charge is 2.27. The van der Waals surface area contributed by atoms with Gasteiger partial charge in [-0.25, -0.2) is 0 Å².